The molecular weight excluding hydrogens is 246 g/mol. The van der Waals surface area contributed by atoms with Crippen molar-refractivity contribution in [2.45, 2.75) is 19.4 Å². The first-order chi connectivity index (χ1) is 9.29. The van der Waals surface area contributed by atoms with Crippen molar-refractivity contribution in [1.29, 1.82) is 0 Å². The molecule has 0 aliphatic carbocycles. The monoisotopic (exact) mass is 263 g/mol. The summed E-state index contributed by atoms with van der Waals surface area (Å²) in [6.07, 6.45) is 8.09. The third-order valence-electron chi connectivity index (χ3n) is 2.58. The standard InChI is InChI=1S/C12H17N5O2/c13-3-2-11-16-10(8-19-11)12(18)15-4-1-6-17-7-5-14-9-17/h5,7-9H,1-4,6,13H2,(H,15,18). The Labute approximate surface area is 110 Å². The zero-order valence-corrected chi connectivity index (χ0v) is 10.6. The fourth-order valence-corrected chi connectivity index (χ4v) is 1.63. The summed E-state index contributed by atoms with van der Waals surface area (Å²) in [5.41, 5.74) is 5.68. The lowest BCUT2D eigenvalue weighted by molar-refractivity contribution is 0.0947. The van der Waals surface area contributed by atoms with E-state index < -0.39 is 0 Å². The highest BCUT2D eigenvalue weighted by Gasteiger charge is 2.10. The van der Waals surface area contributed by atoms with E-state index >= 15 is 0 Å². The van der Waals surface area contributed by atoms with Crippen LogP contribution < -0.4 is 11.1 Å². The number of nitrogens with one attached hydrogen (secondary N) is 1. The smallest absolute Gasteiger partial charge is 0.273 e. The fourth-order valence-electron chi connectivity index (χ4n) is 1.63. The number of rotatable bonds is 7. The summed E-state index contributed by atoms with van der Waals surface area (Å²) in [4.78, 5) is 19.7. The summed E-state index contributed by atoms with van der Waals surface area (Å²) < 4.78 is 7.09. The van der Waals surface area contributed by atoms with Gasteiger partial charge in [-0.3, -0.25) is 4.79 Å². The van der Waals surface area contributed by atoms with Crippen LogP contribution >= 0.6 is 0 Å². The van der Waals surface area contributed by atoms with Crippen molar-refractivity contribution in [3.63, 3.8) is 0 Å². The molecule has 0 unspecified atom stereocenters. The second kappa shape index (κ2) is 6.69. The highest BCUT2D eigenvalue weighted by Crippen LogP contribution is 2.02. The summed E-state index contributed by atoms with van der Waals surface area (Å²) in [6.45, 7) is 1.85. The van der Waals surface area contributed by atoms with Gasteiger partial charge < -0.3 is 20.0 Å². The van der Waals surface area contributed by atoms with E-state index in [0.29, 0.717) is 31.1 Å². The van der Waals surface area contributed by atoms with Crippen LogP contribution in [0.1, 0.15) is 22.8 Å². The molecule has 102 valence electrons. The highest BCUT2D eigenvalue weighted by atomic mass is 16.3. The summed E-state index contributed by atoms with van der Waals surface area (Å²) in [5, 5.41) is 2.79. The average molecular weight is 263 g/mol. The Morgan fingerprint density at radius 3 is 3.16 bits per heavy atom. The molecule has 7 nitrogen and oxygen atoms in total. The van der Waals surface area contributed by atoms with Crippen molar-refractivity contribution >= 4 is 5.91 Å². The zero-order chi connectivity index (χ0) is 13.5. The lowest BCUT2D eigenvalue weighted by Crippen LogP contribution is -2.25. The second-order valence-electron chi connectivity index (χ2n) is 4.08. The molecule has 0 fully saturated rings. The minimum absolute atomic E-state index is 0.224. The first kappa shape index (κ1) is 13.3. The summed E-state index contributed by atoms with van der Waals surface area (Å²) in [6, 6.07) is 0. The minimum atomic E-state index is -0.224. The number of imidazole rings is 1. The number of nitrogens with zero attached hydrogens (tertiary/aromatic N) is 3. The Balaban J connectivity index is 1.71. The summed E-state index contributed by atoms with van der Waals surface area (Å²) >= 11 is 0. The maximum Gasteiger partial charge on any atom is 0.273 e. The van der Waals surface area contributed by atoms with E-state index in [0.717, 1.165) is 13.0 Å². The van der Waals surface area contributed by atoms with E-state index in [1.54, 1.807) is 12.5 Å². The van der Waals surface area contributed by atoms with Gasteiger partial charge in [0.15, 0.2) is 11.6 Å². The van der Waals surface area contributed by atoms with Gasteiger partial charge in [0.1, 0.15) is 6.26 Å². The molecule has 3 N–H and O–H groups in total. The molecule has 0 aliphatic rings. The molecule has 2 rings (SSSR count). The van der Waals surface area contributed by atoms with Crippen LogP contribution in [-0.4, -0.2) is 33.5 Å². The molecule has 19 heavy (non-hydrogen) atoms. The summed E-state index contributed by atoms with van der Waals surface area (Å²) in [7, 11) is 0. The van der Waals surface area contributed by atoms with Crippen LogP contribution in [0.5, 0.6) is 0 Å². The molecule has 0 atom stereocenters. The Morgan fingerprint density at radius 2 is 2.42 bits per heavy atom. The predicted octanol–water partition coefficient (Wildman–Crippen LogP) is 0.192. The molecular formula is C12H17N5O2. The van der Waals surface area contributed by atoms with Gasteiger partial charge >= 0.3 is 0 Å². The van der Waals surface area contributed by atoms with Crippen molar-refractivity contribution in [1.82, 2.24) is 19.9 Å². The molecule has 0 saturated heterocycles. The fraction of sp³-hybridized carbons (Fsp3) is 0.417. The normalized spacial score (nSPS) is 10.6. The molecule has 7 heteroatoms. The van der Waals surface area contributed by atoms with Crippen LogP contribution in [0.4, 0.5) is 0 Å². The van der Waals surface area contributed by atoms with Crippen LogP contribution in [0.15, 0.2) is 29.4 Å². The third kappa shape index (κ3) is 3.92. The molecule has 0 radical (unpaired) electrons. The SMILES string of the molecule is NCCc1nc(C(=O)NCCCn2ccnc2)co1. The minimum Gasteiger partial charge on any atom is -0.448 e. The van der Waals surface area contributed by atoms with E-state index in [-0.39, 0.29) is 5.91 Å². The first-order valence-electron chi connectivity index (χ1n) is 6.18. The van der Waals surface area contributed by atoms with Gasteiger partial charge in [-0.1, -0.05) is 0 Å². The number of carbonyl (C=O) groups excluding carboxylic acids is 1. The van der Waals surface area contributed by atoms with Crippen molar-refractivity contribution < 1.29 is 9.21 Å². The lowest BCUT2D eigenvalue weighted by atomic mass is 10.4. The number of carbonyl (C=O) groups is 1. The van der Waals surface area contributed by atoms with Gasteiger partial charge in [0.2, 0.25) is 0 Å². The number of amides is 1. The molecule has 1 amide bonds. The maximum atomic E-state index is 11.7. The Kier molecular flexibility index (Phi) is 4.68. The Hall–Kier alpha value is -2.15. The van der Waals surface area contributed by atoms with E-state index in [4.69, 9.17) is 10.2 Å². The molecule has 2 aromatic rings. The topological polar surface area (TPSA) is 99.0 Å². The van der Waals surface area contributed by atoms with Gasteiger partial charge in [-0.05, 0) is 6.42 Å². The van der Waals surface area contributed by atoms with Crippen LogP contribution in [0.2, 0.25) is 0 Å². The van der Waals surface area contributed by atoms with E-state index in [1.807, 2.05) is 10.8 Å². The number of hydrogen-bond donors (Lipinski definition) is 2. The van der Waals surface area contributed by atoms with Gasteiger partial charge in [-0.2, -0.15) is 0 Å². The van der Waals surface area contributed by atoms with Crippen LogP contribution in [0.25, 0.3) is 0 Å². The number of aryl methyl sites for hydroxylation is 1. The van der Waals surface area contributed by atoms with Gasteiger partial charge in [-0.15, -0.1) is 0 Å². The summed E-state index contributed by atoms with van der Waals surface area (Å²) in [5.74, 6) is 0.267. The van der Waals surface area contributed by atoms with Crippen LogP contribution in [0, 0.1) is 0 Å². The highest BCUT2D eigenvalue weighted by molar-refractivity contribution is 5.91. The Bertz CT molecular complexity index is 506. The second-order valence-corrected chi connectivity index (χ2v) is 4.08. The molecule has 0 saturated carbocycles. The maximum absolute atomic E-state index is 11.7. The largest absolute Gasteiger partial charge is 0.448 e. The van der Waals surface area contributed by atoms with Crippen LogP contribution in [0.3, 0.4) is 0 Å². The number of nitrogens with two attached hydrogens (primary N) is 1. The lowest BCUT2D eigenvalue weighted by Gasteiger charge is -2.03. The molecule has 0 spiro atoms. The van der Waals surface area contributed by atoms with Crippen molar-refractivity contribution in [3.05, 3.63) is 36.6 Å². The third-order valence-corrected chi connectivity index (χ3v) is 2.58. The zero-order valence-electron chi connectivity index (χ0n) is 10.6. The molecule has 2 aromatic heterocycles. The molecule has 2 heterocycles. The van der Waals surface area contributed by atoms with Gasteiger partial charge in [0, 0.05) is 38.4 Å². The van der Waals surface area contributed by atoms with E-state index in [1.165, 1.54) is 6.26 Å². The average Bonchev–Trinajstić information content (AvgIpc) is 3.06. The van der Waals surface area contributed by atoms with E-state index in [2.05, 4.69) is 15.3 Å². The number of hydrogen-bond acceptors (Lipinski definition) is 5. The Morgan fingerprint density at radius 1 is 1.53 bits per heavy atom. The quantitative estimate of drug-likeness (QED) is 0.695. The van der Waals surface area contributed by atoms with E-state index in [9.17, 15) is 4.79 Å². The van der Waals surface area contributed by atoms with Crippen molar-refractivity contribution in [2.75, 3.05) is 13.1 Å². The van der Waals surface area contributed by atoms with Crippen LogP contribution in [-0.2, 0) is 13.0 Å². The first-order valence-corrected chi connectivity index (χ1v) is 6.18. The van der Waals surface area contributed by atoms with Gasteiger partial charge in [0.25, 0.3) is 5.91 Å². The van der Waals surface area contributed by atoms with Crippen molar-refractivity contribution in [3.8, 4) is 0 Å². The molecule has 0 aromatic carbocycles. The number of oxazole rings is 1. The van der Waals surface area contributed by atoms with Gasteiger partial charge in [0.05, 0.1) is 6.33 Å². The number of aromatic nitrogens is 3. The molecule has 0 aliphatic heterocycles. The van der Waals surface area contributed by atoms with Crippen molar-refractivity contribution in [2.24, 2.45) is 5.73 Å². The van der Waals surface area contributed by atoms with Gasteiger partial charge in [-0.25, -0.2) is 9.97 Å². The molecule has 0 bridgehead atoms. The predicted molar refractivity (Wildman–Crippen MR) is 68.4 cm³/mol.